The minimum Gasteiger partial charge on any atom is -0.507 e. The van der Waals surface area contributed by atoms with Gasteiger partial charge in [-0.2, -0.15) is 0 Å². The van der Waals surface area contributed by atoms with Crippen LogP contribution in [0.5, 0.6) is 5.75 Å². The van der Waals surface area contributed by atoms with Crippen LogP contribution in [0.15, 0.2) is 27.8 Å². The summed E-state index contributed by atoms with van der Waals surface area (Å²) in [6.45, 7) is 0. The smallest absolute Gasteiger partial charge is 0.255 e. The predicted molar refractivity (Wildman–Crippen MR) is 77.9 cm³/mol. The molecule has 1 saturated carbocycles. The van der Waals surface area contributed by atoms with Crippen LogP contribution in [0.3, 0.4) is 0 Å². The Labute approximate surface area is 124 Å². The molecule has 20 heavy (non-hydrogen) atoms. The summed E-state index contributed by atoms with van der Waals surface area (Å²) in [7, 11) is 0. The normalized spacial score (nSPS) is 17.9. The van der Waals surface area contributed by atoms with E-state index in [0.717, 1.165) is 12.8 Å². The van der Waals surface area contributed by atoms with E-state index in [1.807, 2.05) is 0 Å². The Hall–Kier alpha value is -1.76. The molecule has 0 aliphatic heterocycles. The lowest BCUT2D eigenvalue weighted by Gasteiger charge is -2.28. The van der Waals surface area contributed by atoms with E-state index in [2.05, 4.69) is 26.4 Å². The zero-order valence-electron chi connectivity index (χ0n) is 10.8. The summed E-state index contributed by atoms with van der Waals surface area (Å²) in [4.78, 5) is 12.3. The molecule has 5 N–H and O–H groups in total. The Morgan fingerprint density at radius 3 is 2.60 bits per heavy atom. The molecule has 1 aliphatic carbocycles. The third-order valence-corrected chi connectivity index (χ3v) is 4.11. The summed E-state index contributed by atoms with van der Waals surface area (Å²) >= 11 is 3.21. The Balaban J connectivity index is 2.25. The van der Waals surface area contributed by atoms with Gasteiger partial charge in [-0.15, -0.1) is 0 Å². The van der Waals surface area contributed by atoms with Crippen molar-refractivity contribution in [2.45, 2.75) is 31.2 Å². The summed E-state index contributed by atoms with van der Waals surface area (Å²) in [6.07, 6.45) is 3.02. The van der Waals surface area contributed by atoms with Crippen molar-refractivity contribution in [1.29, 1.82) is 0 Å². The van der Waals surface area contributed by atoms with E-state index >= 15 is 0 Å². The molecule has 1 amide bonds. The van der Waals surface area contributed by atoms with Crippen molar-refractivity contribution in [1.82, 2.24) is 5.32 Å². The summed E-state index contributed by atoms with van der Waals surface area (Å²) in [6, 6.07) is 4.63. The maximum atomic E-state index is 12.3. The molecule has 1 aromatic rings. The Morgan fingerprint density at radius 2 is 2.05 bits per heavy atom. The summed E-state index contributed by atoms with van der Waals surface area (Å²) < 4.78 is 0.679. The molecule has 6 nitrogen and oxygen atoms in total. The van der Waals surface area contributed by atoms with E-state index in [-0.39, 0.29) is 17.1 Å². The first-order valence-corrected chi connectivity index (χ1v) is 7.07. The van der Waals surface area contributed by atoms with E-state index in [1.165, 1.54) is 12.1 Å². The molecule has 2 rings (SSSR count). The van der Waals surface area contributed by atoms with E-state index in [0.29, 0.717) is 17.3 Å². The minimum atomic E-state index is -0.828. The molecule has 0 aromatic heterocycles. The highest BCUT2D eigenvalue weighted by Gasteiger charge is 2.40. The van der Waals surface area contributed by atoms with Crippen LogP contribution in [0.4, 0.5) is 0 Å². The zero-order chi connectivity index (χ0) is 14.8. The number of oxime groups is 1. The lowest BCUT2D eigenvalue weighted by molar-refractivity contribution is 0.0920. The van der Waals surface area contributed by atoms with Crippen LogP contribution in [-0.2, 0) is 0 Å². The van der Waals surface area contributed by atoms with Gasteiger partial charge in [-0.1, -0.05) is 33.9 Å². The number of nitrogens with zero attached hydrogens (tertiary/aromatic N) is 1. The predicted octanol–water partition coefficient (Wildman–Crippen LogP) is 1.94. The second-order valence-corrected chi connectivity index (χ2v) is 5.81. The molecule has 0 radical (unpaired) electrons. The lowest BCUT2D eigenvalue weighted by Crippen LogP contribution is -2.55. The highest BCUT2D eigenvalue weighted by atomic mass is 79.9. The van der Waals surface area contributed by atoms with Crippen molar-refractivity contribution >= 4 is 27.7 Å². The number of nitrogens with two attached hydrogens (primary N) is 1. The number of aromatic hydroxyl groups is 1. The highest BCUT2D eigenvalue weighted by molar-refractivity contribution is 9.10. The molecule has 1 aromatic carbocycles. The summed E-state index contributed by atoms with van der Waals surface area (Å²) in [5, 5.41) is 24.5. The maximum Gasteiger partial charge on any atom is 0.255 e. The van der Waals surface area contributed by atoms with E-state index in [4.69, 9.17) is 10.9 Å². The molecule has 0 unspecified atom stereocenters. The fourth-order valence-electron chi connectivity index (χ4n) is 2.50. The molecule has 0 spiro atoms. The van der Waals surface area contributed by atoms with Crippen LogP contribution in [0.1, 0.15) is 36.0 Å². The quantitative estimate of drug-likeness (QED) is 0.291. The van der Waals surface area contributed by atoms with Crippen molar-refractivity contribution < 1.29 is 15.1 Å². The van der Waals surface area contributed by atoms with E-state index < -0.39 is 11.4 Å². The fourth-order valence-corrected chi connectivity index (χ4v) is 2.85. The van der Waals surface area contributed by atoms with Gasteiger partial charge in [0, 0.05) is 4.47 Å². The Kier molecular flexibility index (Phi) is 4.17. The minimum absolute atomic E-state index is 0.0000449. The molecule has 0 heterocycles. The van der Waals surface area contributed by atoms with Crippen molar-refractivity contribution in [3.05, 3.63) is 28.2 Å². The number of carbonyl (C=O) groups excluding carboxylic acids is 1. The topological polar surface area (TPSA) is 108 Å². The van der Waals surface area contributed by atoms with Gasteiger partial charge in [0.05, 0.1) is 5.56 Å². The number of phenols is 1. The van der Waals surface area contributed by atoms with Crippen LogP contribution in [0, 0.1) is 0 Å². The van der Waals surface area contributed by atoms with Gasteiger partial charge in [0.1, 0.15) is 11.3 Å². The monoisotopic (exact) mass is 341 g/mol. The first-order chi connectivity index (χ1) is 9.48. The van der Waals surface area contributed by atoms with Gasteiger partial charge in [0.15, 0.2) is 5.84 Å². The SMILES string of the molecule is NC(=NO)C1(NC(=O)c2ccc(Br)cc2O)CCCC1. The van der Waals surface area contributed by atoms with Crippen LogP contribution >= 0.6 is 15.9 Å². The molecule has 1 fully saturated rings. The molecular weight excluding hydrogens is 326 g/mol. The number of halogens is 1. The van der Waals surface area contributed by atoms with Gasteiger partial charge >= 0.3 is 0 Å². The van der Waals surface area contributed by atoms with Crippen molar-refractivity contribution in [2.24, 2.45) is 10.9 Å². The van der Waals surface area contributed by atoms with Crippen LogP contribution in [-0.4, -0.2) is 27.6 Å². The molecule has 0 saturated heterocycles. The van der Waals surface area contributed by atoms with Gasteiger partial charge in [-0.05, 0) is 31.0 Å². The fraction of sp³-hybridized carbons (Fsp3) is 0.385. The average Bonchev–Trinajstić information content (AvgIpc) is 2.87. The molecule has 0 bridgehead atoms. The third kappa shape index (κ3) is 2.72. The second-order valence-electron chi connectivity index (χ2n) is 4.89. The zero-order valence-corrected chi connectivity index (χ0v) is 12.4. The lowest BCUT2D eigenvalue weighted by atomic mass is 9.95. The molecule has 7 heteroatoms. The second kappa shape index (κ2) is 5.70. The van der Waals surface area contributed by atoms with Gasteiger partial charge in [0.2, 0.25) is 0 Å². The molecule has 108 valence electrons. The van der Waals surface area contributed by atoms with Crippen LogP contribution in [0.2, 0.25) is 0 Å². The third-order valence-electron chi connectivity index (χ3n) is 3.61. The largest absolute Gasteiger partial charge is 0.507 e. The summed E-state index contributed by atoms with van der Waals surface area (Å²) in [5.74, 6) is -0.562. The van der Waals surface area contributed by atoms with Gasteiger partial charge in [0.25, 0.3) is 5.91 Å². The number of hydrogen-bond acceptors (Lipinski definition) is 4. The van der Waals surface area contributed by atoms with Gasteiger partial charge in [-0.3, -0.25) is 4.79 Å². The van der Waals surface area contributed by atoms with Crippen molar-refractivity contribution in [3.63, 3.8) is 0 Å². The van der Waals surface area contributed by atoms with Gasteiger partial charge < -0.3 is 21.4 Å². The number of amidine groups is 1. The van der Waals surface area contributed by atoms with Crippen LogP contribution < -0.4 is 11.1 Å². The standard InChI is InChI=1S/C13H16BrN3O3/c14-8-3-4-9(10(18)7-8)11(19)16-13(12(15)17-20)5-1-2-6-13/h3-4,7,18,20H,1-2,5-6H2,(H2,15,17)(H,16,19). The van der Waals surface area contributed by atoms with Gasteiger partial charge in [-0.25, -0.2) is 0 Å². The van der Waals surface area contributed by atoms with E-state index in [1.54, 1.807) is 6.07 Å². The first-order valence-electron chi connectivity index (χ1n) is 6.27. The number of benzene rings is 1. The molecule has 1 aliphatic rings. The van der Waals surface area contributed by atoms with Crippen molar-refractivity contribution in [3.8, 4) is 5.75 Å². The number of hydrogen-bond donors (Lipinski definition) is 4. The Bertz CT molecular complexity index is 554. The van der Waals surface area contributed by atoms with Crippen molar-refractivity contribution in [2.75, 3.05) is 0 Å². The molecular formula is C13H16BrN3O3. The summed E-state index contributed by atoms with van der Waals surface area (Å²) in [5.41, 5.74) is 5.05. The molecule has 0 atom stereocenters. The Morgan fingerprint density at radius 1 is 1.40 bits per heavy atom. The average molecular weight is 342 g/mol. The van der Waals surface area contributed by atoms with E-state index in [9.17, 15) is 9.90 Å². The first kappa shape index (κ1) is 14.6. The number of carbonyl (C=O) groups is 1. The highest BCUT2D eigenvalue weighted by Crippen LogP contribution is 2.31. The number of rotatable bonds is 3. The number of nitrogens with one attached hydrogen (secondary N) is 1. The number of phenolic OH excluding ortho intramolecular Hbond substituents is 1. The van der Waals surface area contributed by atoms with Crippen LogP contribution in [0.25, 0.3) is 0 Å². The number of amides is 1. The maximum absolute atomic E-state index is 12.3.